The lowest BCUT2D eigenvalue weighted by Gasteiger charge is -2.41. The second kappa shape index (κ2) is 7.11. The topological polar surface area (TPSA) is 60.9 Å². The zero-order chi connectivity index (χ0) is 17.2. The van der Waals surface area contributed by atoms with Crippen molar-refractivity contribution >= 4 is 16.7 Å². The normalized spacial score (nSPS) is 21.3. The largest absolute Gasteiger partial charge is 0.389 e. The van der Waals surface area contributed by atoms with E-state index in [-0.39, 0.29) is 11.9 Å². The molecule has 0 radical (unpaired) electrons. The number of nitrogens with zero attached hydrogens (tertiary/aromatic N) is 2. The summed E-state index contributed by atoms with van der Waals surface area (Å²) in [5.74, 6) is 0.00819. The Labute approximate surface area is 140 Å². The number of β-amino-alcohol motifs (C(OH)–C–C–N with tert-alkyl or cyclic N) is 1. The van der Waals surface area contributed by atoms with Crippen molar-refractivity contribution in [1.29, 1.82) is 0 Å². The van der Waals surface area contributed by atoms with Crippen LogP contribution in [0.3, 0.4) is 0 Å². The molecule has 1 aromatic rings. The Hall–Kier alpha value is -1.24. The molecule has 2 rings (SSSR count). The van der Waals surface area contributed by atoms with Gasteiger partial charge in [-0.05, 0) is 45.0 Å². The van der Waals surface area contributed by atoms with Crippen LogP contribution in [0.2, 0.25) is 0 Å². The standard InChI is InChI=1S/C17H26N2O3S/c1-13-11-18(12-17(2,3)21)9-10-19(13)16(20)14-5-7-15(8-6-14)23(4)22/h5-8,13,21H,9-12H2,1-4H3/t13-,23-/m1/s1. The van der Waals surface area contributed by atoms with E-state index in [1.165, 1.54) is 0 Å². The SMILES string of the molecule is C[C@@H]1CN(CC(C)(C)O)CCN1C(=O)c1ccc([S@@](C)=O)cc1. The summed E-state index contributed by atoms with van der Waals surface area (Å²) in [6.45, 7) is 8.41. The number of benzene rings is 1. The molecule has 0 aliphatic carbocycles. The summed E-state index contributed by atoms with van der Waals surface area (Å²) in [6.07, 6.45) is 1.63. The van der Waals surface area contributed by atoms with Crippen molar-refractivity contribution in [1.82, 2.24) is 9.80 Å². The van der Waals surface area contributed by atoms with Gasteiger partial charge in [0.05, 0.1) is 5.60 Å². The van der Waals surface area contributed by atoms with Gasteiger partial charge < -0.3 is 10.0 Å². The molecular weight excluding hydrogens is 312 g/mol. The van der Waals surface area contributed by atoms with Crippen LogP contribution >= 0.6 is 0 Å². The lowest BCUT2D eigenvalue weighted by molar-refractivity contribution is 0.00577. The molecule has 128 valence electrons. The third-order valence-electron chi connectivity index (χ3n) is 4.02. The maximum atomic E-state index is 12.7. The van der Waals surface area contributed by atoms with Crippen LogP contribution < -0.4 is 0 Å². The summed E-state index contributed by atoms with van der Waals surface area (Å²) in [6, 6.07) is 7.08. The number of carbonyl (C=O) groups is 1. The average molecular weight is 338 g/mol. The van der Waals surface area contributed by atoms with Crippen LogP contribution in [0.15, 0.2) is 29.2 Å². The maximum Gasteiger partial charge on any atom is 0.254 e. The van der Waals surface area contributed by atoms with Crippen LogP contribution in [-0.4, -0.2) is 69.1 Å². The summed E-state index contributed by atoms with van der Waals surface area (Å²) >= 11 is 0. The third kappa shape index (κ3) is 4.86. The number of rotatable bonds is 4. The molecule has 1 N–H and O–H groups in total. The molecule has 1 amide bonds. The Balaban J connectivity index is 2.02. The summed E-state index contributed by atoms with van der Waals surface area (Å²) in [4.78, 5) is 17.5. The smallest absolute Gasteiger partial charge is 0.254 e. The Morgan fingerprint density at radius 3 is 2.39 bits per heavy atom. The van der Waals surface area contributed by atoms with E-state index in [9.17, 15) is 14.1 Å². The van der Waals surface area contributed by atoms with E-state index in [0.29, 0.717) is 18.7 Å². The van der Waals surface area contributed by atoms with E-state index in [1.54, 1.807) is 44.4 Å². The van der Waals surface area contributed by atoms with E-state index in [4.69, 9.17) is 0 Å². The summed E-state index contributed by atoms with van der Waals surface area (Å²) in [5.41, 5.74) is -0.0978. The molecule has 1 heterocycles. The Morgan fingerprint density at radius 2 is 1.91 bits per heavy atom. The first-order valence-electron chi connectivity index (χ1n) is 7.86. The average Bonchev–Trinajstić information content (AvgIpc) is 2.45. The van der Waals surface area contributed by atoms with Crippen LogP contribution in [0.5, 0.6) is 0 Å². The zero-order valence-electron chi connectivity index (χ0n) is 14.3. The number of carbonyl (C=O) groups excluding carboxylic acids is 1. The van der Waals surface area contributed by atoms with Crippen molar-refractivity contribution in [3.63, 3.8) is 0 Å². The van der Waals surface area contributed by atoms with E-state index >= 15 is 0 Å². The highest BCUT2D eigenvalue weighted by Gasteiger charge is 2.30. The molecule has 0 saturated carbocycles. The number of amides is 1. The minimum absolute atomic E-state index is 0.00819. The highest BCUT2D eigenvalue weighted by molar-refractivity contribution is 7.84. The molecule has 23 heavy (non-hydrogen) atoms. The van der Waals surface area contributed by atoms with E-state index in [1.807, 2.05) is 11.8 Å². The molecule has 6 heteroatoms. The zero-order valence-corrected chi connectivity index (χ0v) is 15.1. The number of aliphatic hydroxyl groups is 1. The van der Waals surface area contributed by atoms with E-state index in [2.05, 4.69) is 4.90 Å². The predicted octanol–water partition coefficient (Wildman–Crippen LogP) is 1.34. The molecule has 2 atom stereocenters. The molecule has 5 nitrogen and oxygen atoms in total. The Morgan fingerprint density at radius 1 is 1.30 bits per heavy atom. The molecule has 0 bridgehead atoms. The van der Waals surface area contributed by atoms with Crippen LogP contribution in [0, 0.1) is 0 Å². The van der Waals surface area contributed by atoms with E-state index in [0.717, 1.165) is 18.0 Å². The molecule has 0 aromatic heterocycles. The molecule has 0 spiro atoms. The van der Waals surface area contributed by atoms with Crippen molar-refractivity contribution in [3.8, 4) is 0 Å². The number of piperazine rings is 1. The highest BCUT2D eigenvalue weighted by atomic mass is 32.2. The van der Waals surface area contributed by atoms with Crippen molar-refractivity contribution < 1.29 is 14.1 Å². The highest BCUT2D eigenvalue weighted by Crippen LogP contribution is 2.17. The molecule has 0 unspecified atom stereocenters. The first-order chi connectivity index (χ1) is 10.7. The lowest BCUT2D eigenvalue weighted by Crippen LogP contribution is -2.56. The molecule has 1 aliphatic heterocycles. The molecule has 1 aliphatic rings. The molecular formula is C17H26N2O3S. The van der Waals surface area contributed by atoms with Gasteiger partial charge in [0.15, 0.2) is 0 Å². The van der Waals surface area contributed by atoms with Crippen LogP contribution in [0.1, 0.15) is 31.1 Å². The first kappa shape index (κ1) is 18.1. The van der Waals surface area contributed by atoms with Gasteiger partial charge in [0, 0.05) is 59.7 Å². The minimum Gasteiger partial charge on any atom is -0.389 e. The quantitative estimate of drug-likeness (QED) is 0.900. The predicted molar refractivity (Wildman–Crippen MR) is 92.0 cm³/mol. The second-order valence-corrected chi connectivity index (χ2v) is 8.25. The van der Waals surface area contributed by atoms with Gasteiger partial charge in [-0.1, -0.05) is 0 Å². The molecule has 1 fully saturated rings. The van der Waals surface area contributed by atoms with Crippen LogP contribution in [0.4, 0.5) is 0 Å². The summed E-state index contributed by atoms with van der Waals surface area (Å²) < 4.78 is 11.4. The van der Waals surface area contributed by atoms with Gasteiger partial charge in [-0.3, -0.25) is 13.9 Å². The Kier molecular flexibility index (Phi) is 5.60. The summed E-state index contributed by atoms with van der Waals surface area (Å²) in [7, 11) is -1.03. The third-order valence-corrected chi connectivity index (χ3v) is 4.95. The van der Waals surface area contributed by atoms with Gasteiger partial charge in [0.1, 0.15) is 0 Å². The lowest BCUT2D eigenvalue weighted by atomic mass is 10.1. The fourth-order valence-electron chi connectivity index (χ4n) is 2.98. The van der Waals surface area contributed by atoms with Gasteiger partial charge >= 0.3 is 0 Å². The Bertz CT molecular complexity index is 580. The van der Waals surface area contributed by atoms with Crippen molar-refractivity contribution in [2.45, 2.75) is 37.3 Å². The fourth-order valence-corrected chi connectivity index (χ4v) is 3.50. The summed E-state index contributed by atoms with van der Waals surface area (Å²) in [5, 5.41) is 9.93. The van der Waals surface area contributed by atoms with Gasteiger partial charge in [-0.25, -0.2) is 0 Å². The molecule has 1 aromatic carbocycles. The minimum atomic E-state index is -1.03. The monoisotopic (exact) mass is 338 g/mol. The van der Waals surface area contributed by atoms with E-state index < -0.39 is 16.4 Å². The number of hydrogen-bond acceptors (Lipinski definition) is 4. The second-order valence-electron chi connectivity index (χ2n) is 6.87. The van der Waals surface area contributed by atoms with Gasteiger partial charge in [0.25, 0.3) is 5.91 Å². The first-order valence-corrected chi connectivity index (χ1v) is 9.42. The van der Waals surface area contributed by atoms with Crippen molar-refractivity contribution in [2.24, 2.45) is 0 Å². The van der Waals surface area contributed by atoms with Crippen molar-refractivity contribution in [3.05, 3.63) is 29.8 Å². The van der Waals surface area contributed by atoms with Gasteiger partial charge in [0.2, 0.25) is 0 Å². The van der Waals surface area contributed by atoms with Crippen LogP contribution in [-0.2, 0) is 10.8 Å². The van der Waals surface area contributed by atoms with Gasteiger partial charge in [-0.15, -0.1) is 0 Å². The van der Waals surface area contributed by atoms with Crippen LogP contribution in [0.25, 0.3) is 0 Å². The maximum absolute atomic E-state index is 12.7. The molecule has 1 saturated heterocycles. The number of hydrogen-bond donors (Lipinski definition) is 1. The van der Waals surface area contributed by atoms with Gasteiger partial charge in [-0.2, -0.15) is 0 Å². The fraction of sp³-hybridized carbons (Fsp3) is 0.588. The van der Waals surface area contributed by atoms with Crippen molar-refractivity contribution in [2.75, 3.05) is 32.4 Å².